The molecule has 1 unspecified atom stereocenters. The molecular weight excluding hydrogens is 570 g/mol. The Balaban J connectivity index is 1.44. The Morgan fingerprint density at radius 3 is 2.63 bits per heavy atom. The molecule has 2 aromatic carbocycles. The highest BCUT2D eigenvalue weighted by Gasteiger charge is 2.38. The molecule has 3 amide bonds. The molecule has 4 aromatic rings. The van der Waals surface area contributed by atoms with Gasteiger partial charge in [0.15, 0.2) is 0 Å². The molecule has 12 heteroatoms. The smallest absolute Gasteiger partial charge is 0.407 e. The number of nitrogens with zero attached hydrogens (tertiary/aromatic N) is 4. The lowest BCUT2D eigenvalue weighted by Crippen LogP contribution is -2.54. The Morgan fingerprint density at radius 2 is 1.95 bits per heavy atom. The maximum atomic E-state index is 13.8. The predicted octanol–water partition coefficient (Wildman–Crippen LogP) is 4.22. The number of hydrogen-bond donors (Lipinski definition) is 3. The summed E-state index contributed by atoms with van der Waals surface area (Å²) in [6.07, 6.45) is 2.00. The van der Waals surface area contributed by atoms with E-state index in [1.54, 1.807) is 19.2 Å². The quantitative estimate of drug-likeness (QED) is 0.244. The summed E-state index contributed by atoms with van der Waals surface area (Å²) in [5, 5.41) is 26.8. The fraction of sp³-hybridized carbons (Fsp3) is 0.323. The van der Waals surface area contributed by atoms with Crippen LogP contribution in [-0.4, -0.2) is 79.7 Å². The number of rotatable bonds is 10. The van der Waals surface area contributed by atoms with Crippen LogP contribution in [0.1, 0.15) is 49.8 Å². The van der Waals surface area contributed by atoms with Crippen LogP contribution in [0.5, 0.6) is 0 Å². The van der Waals surface area contributed by atoms with E-state index >= 15 is 0 Å². The Kier molecular flexibility index (Phi) is 9.17. The summed E-state index contributed by atoms with van der Waals surface area (Å²) < 4.78 is 5.47. The van der Waals surface area contributed by atoms with Gasteiger partial charge in [-0.2, -0.15) is 0 Å². The summed E-state index contributed by atoms with van der Waals surface area (Å²) >= 11 is 1.46. The van der Waals surface area contributed by atoms with Crippen molar-refractivity contribution in [3.05, 3.63) is 93.8 Å². The number of benzene rings is 2. The van der Waals surface area contributed by atoms with E-state index in [4.69, 9.17) is 4.42 Å². The van der Waals surface area contributed by atoms with Crippen LogP contribution in [0.4, 0.5) is 4.79 Å². The number of aliphatic hydroxyl groups excluding tert-OH is 1. The van der Waals surface area contributed by atoms with E-state index in [2.05, 4.69) is 15.3 Å². The van der Waals surface area contributed by atoms with Crippen LogP contribution in [0.2, 0.25) is 0 Å². The number of amides is 3. The third-order valence-corrected chi connectivity index (χ3v) is 8.42. The second kappa shape index (κ2) is 13.2. The molecular formula is C31H33N5O6S. The molecule has 3 heterocycles. The zero-order chi connectivity index (χ0) is 30.5. The van der Waals surface area contributed by atoms with Crippen LogP contribution >= 0.6 is 11.3 Å². The molecule has 1 aliphatic heterocycles. The van der Waals surface area contributed by atoms with E-state index in [-0.39, 0.29) is 29.3 Å². The van der Waals surface area contributed by atoms with Crippen molar-refractivity contribution in [2.75, 3.05) is 13.6 Å². The first-order chi connectivity index (χ1) is 20.7. The predicted molar refractivity (Wildman–Crippen MR) is 160 cm³/mol. The van der Waals surface area contributed by atoms with Gasteiger partial charge in [0, 0.05) is 41.4 Å². The second-order valence-electron chi connectivity index (χ2n) is 10.6. The van der Waals surface area contributed by atoms with Crippen molar-refractivity contribution in [1.29, 1.82) is 0 Å². The Hall–Kier alpha value is -4.55. The number of thiazole rings is 1. The Bertz CT molecular complexity index is 1570. The minimum absolute atomic E-state index is 0.171. The summed E-state index contributed by atoms with van der Waals surface area (Å²) in [5.41, 5.74) is 2.61. The molecule has 1 fully saturated rings. The highest BCUT2D eigenvalue weighted by molar-refractivity contribution is 7.09. The molecule has 3 N–H and O–H groups in total. The van der Waals surface area contributed by atoms with Crippen molar-refractivity contribution < 1.29 is 29.0 Å². The molecule has 0 radical (unpaired) electrons. The van der Waals surface area contributed by atoms with Gasteiger partial charge in [-0.05, 0) is 49.9 Å². The SMILES string of the molecule is Cc1csc(CN(C)C(=O)c2cc(C(=O)N[C@@H](Cc3ccccc3)[C@H](O)C3CCCN3C(=O)O)cc(-c3ncco3)c2)n1. The summed E-state index contributed by atoms with van der Waals surface area (Å²) in [6.45, 7) is 2.51. The monoisotopic (exact) mass is 603 g/mol. The van der Waals surface area contributed by atoms with Crippen molar-refractivity contribution in [1.82, 2.24) is 25.1 Å². The molecule has 224 valence electrons. The zero-order valence-corrected chi connectivity index (χ0v) is 24.7. The molecule has 0 spiro atoms. The van der Waals surface area contributed by atoms with Crippen LogP contribution in [0.25, 0.3) is 11.5 Å². The van der Waals surface area contributed by atoms with E-state index < -0.39 is 30.2 Å². The molecule has 43 heavy (non-hydrogen) atoms. The van der Waals surface area contributed by atoms with Crippen LogP contribution in [0.3, 0.4) is 0 Å². The van der Waals surface area contributed by atoms with Crippen molar-refractivity contribution in [2.45, 2.75) is 50.9 Å². The van der Waals surface area contributed by atoms with E-state index in [9.17, 15) is 24.6 Å². The first kappa shape index (κ1) is 29.9. The number of oxazole rings is 1. The zero-order valence-electron chi connectivity index (χ0n) is 23.8. The van der Waals surface area contributed by atoms with Gasteiger partial charge in [0.1, 0.15) is 11.3 Å². The largest absolute Gasteiger partial charge is 0.465 e. The van der Waals surface area contributed by atoms with E-state index in [1.165, 1.54) is 39.7 Å². The van der Waals surface area contributed by atoms with Gasteiger partial charge in [-0.25, -0.2) is 14.8 Å². The first-order valence-electron chi connectivity index (χ1n) is 13.9. The van der Waals surface area contributed by atoms with E-state index in [0.717, 1.165) is 16.3 Å². The minimum atomic E-state index is -1.16. The molecule has 3 atom stereocenters. The van der Waals surface area contributed by atoms with Gasteiger partial charge >= 0.3 is 6.09 Å². The third kappa shape index (κ3) is 7.09. The van der Waals surface area contributed by atoms with Crippen molar-refractivity contribution >= 4 is 29.2 Å². The second-order valence-corrected chi connectivity index (χ2v) is 11.6. The number of carboxylic acid groups (broad SMARTS) is 1. The van der Waals surface area contributed by atoms with Crippen molar-refractivity contribution in [3.63, 3.8) is 0 Å². The molecule has 0 aliphatic carbocycles. The number of carbonyl (C=O) groups excluding carboxylic acids is 2. The van der Waals surface area contributed by atoms with Gasteiger partial charge in [0.05, 0.1) is 30.9 Å². The van der Waals surface area contributed by atoms with Gasteiger partial charge in [-0.3, -0.25) is 9.59 Å². The van der Waals surface area contributed by atoms with Crippen molar-refractivity contribution in [3.8, 4) is 11.5 Å². The third-order valence-electron chi connectivity index (χ3n) is 7.47. The lowest BCUT2D eigenvalue weighted by molar-refractivity contribution is 0.0412. The average molecular weight is 604 g/mol. The number of hydrogen-bond acceptors (Lipinski definition) is 8. The first-order valence-corrected chi connectivity index (χ1v) is 14.8. The molecule has 0 bridgehead atoms. The minimum Gasteiger partial charge on any atom is -0.465 e. The summed E-state index contributed by atoms with van der Waals surface area (Å²) in [4.78, 5) is 50.5. The number of likely N-dealkylation sites (tertiary alicyclic amines) is 1. The molecule has 11 nitrogen and oxygen atoms in total. The Labute approximate surface area is 252 Å². The average Bonchev–Trinajstić information content (AvgIpc) is 3.79. The summed E-state index contributed by atoms with van der Waals surface area (Å²) in [6, 6.07) is 12.6. The lowest BCUT2D eigenvalue weighted by atomic mass is 9.94. The highest BCUT2D eigenvalue weighted by atomic mass is 32.1. The van der Waals surface area contributed by atoms with Gasteiger partial charge in [0.2, 0.25) is 5.89 Å². The van der Waals surface area contributed by atoms with Crippen LogP contribution in [0, 0.1) is 6.92 Å². The fourth-order valence-corrected chi connectivity index (χ4v) is 6.20. The number of carbonyl (C=O) groups is 3. The maximum absolute atomic E-state index is 13.8. The molecule has 1 aliphatic rings. The summed E-state index contributed by atoms with van der Waals surface area (Å²) in [5.74, 6) is -0.606. The fourth-order valence-electron chi connectivity index (χ4n) is 5.37. The van der Waals surface area contributed by atoms with E-state index in [0.29, 0.717) is 31.5 Å². The number of aryl methyl sites for hydroxylation is 1. The van der Waals surface area contributed by atoms with Gasteiger partial charge in [-0.15, -0.1) is 11.3 Å². The lowest BCUT2D eigenvalue weighted by Gasteiger charge is -2.32. The van der Waals surface area contributed by atoms with E-state index in [1.807, 2.05) is 42.6 Å². The normalized spacial score (nSPS) is 16.1. The van der Waals surface area contributed by atoms with Crippen molar-refractivity contribution in [2.24, 2.45) is 0 Å². The van der Waals surface area contributed by atoms with Gasteiger partial charge < -0.3 is 29.7 Å². The van der Waals surface area contributed by atoms with Gasteiger partial charge in [0.25, 0.3) is 11.8 Å². The molecule has 2 aromatic heterocycles. The van der Waals surface area contributed by atoms with Crippen LogP contribution in [-0.2, 0) is 13.0 Å². The van der Waals surface area contributed by atoms with Crippen LogP contribution < -0.4 is 5.32 Å². The number of aromatic nitrogens is 2. The molecule has 1 saturated heterocycles. The topological polar surface area (TPSA) is 149 Å². The highest BCUT2D eigenvalue weighted by Crippen LogP contribution is 2.26. The maximum Gasteiger partial charge on any atom is 0.407 e. The molecule has 5 rings (SSSR count). The standard InChI is InChI=1S/C31H33N5O6S/c1-19-18-43-26(33-19)17-35(2)30(39)23-15-21(14-22(16-23)29-32-10-12-42-29)28(38)34-24(13-20-7-4-3-5-8-20)27(37)25-9-6-11-36(25)31(40)41/h3-5,7-8,10,12,14-16,18,24-25,27,37H,6,9,11,13,17H2,1-2H3,(H,34,38)(H,40,41)/t24-,25?,27-/m0/s1. The number of aliphatic hydroxyl groups is 1. The summed E-state index contributed by atoms with van der Waals surface area (Å²) in [7, 11) is 1.67. The van der Waals surface area contributed by atoms with Crippen LogP contribution in [0.15, 0.2) is 70.8 Å². The Morgan fingerprint density at radius 1 is 1.19 bits per heavy atom. The number of nitrogens with one attached hydrogen (secondary N) is 1. The molecule has 0 saturated carbocycles. The van der Waals surface area contributed by atoms with Gasteiger partial charge in [-0.1, -0.05) is 30.3 Å².